The van der Waals surface area contributed by atoms with Crippen LogP contribution >= 0.6 is 0 Å². The summed E-state index contributed by atoms with van der Waals surface area (Å²) in [6.07, 6.45) is 5.50. The summed E-state index contributed by atoms with van der Waals surface area (Å²) in [6, 6.07) is 3.37. The summed E-state index contributed by atoms with van der Waals surface area (Å²) < 4.78 is 0. The van der Waals surface area contributed by atoms with Crippen LogP contribution < -0.4 is 4.90 Å². The first kappa shape index (κ1) is 12.8. The van der Waals surface area contributed by atoms with E-state index in [0.717, 1.165) is 25.8 Å². The van der Waals surface area contributed by atoms with Crippen LogP contribution in [0.5, 0.6) is 0 Å². The van der Waals surface area contributed by atoms with E-state index in [0.29, 0.717) is 12.2 Å². The Balaban J connectivity index is 2.22. The van der Waals surface area contributed by atoms with Crippen LogP contribution in [0, 0.1) is 0 Å². The molecule has 0 radical (unpaired) electrons. The number of hydrogen-bond acceptors (Lipinski definition) is 4. The number of anilines is 1. The molecule has 18 heavy (non-hydrogen) atoms. The number of carboxylic acid groups (broad SMARTS) is 1. The Kier molecular flexibility index (Phi) is 4.15. The number of carboxylic acids is 1. The number of hydrogen-bond donors (Lipinski definition) is 2. The third kappa shape index (κ3) is 2.79. The molecule has 0 amide bonds. The highest BCUT2D eigenvalue weighted by Gasteiger charge is 2.23. The summed E-state index contributed by atoms with van der Waals surface area (Å²) in [5, 5.41) is 18.1. The van der Waals surface area contributed by atoms with E-state index in [4.69, 9.17) is 10.2 Å². The summed E-state index contributed by atoms with van der Waals surface area (Å²) >= 11 is 0. The maximum atomic E-state index is 11.0. The van der Waals surface area contributed by atoms with Gasteiger partial charge >= 0.3 is 5.97 Å². The Morgan fingerprint density at radius 2 is 2.33 bits per heavy atom. The summed E-state index contributed by atoms with van der Waals surface area (Å²) in [4.78, 5) is 17.3. The maximum Gasteiger partial charge on any atom is 0.335 e. The van der Waals surface area contributed by atoms with Crippen LogP contribution in [0.3, 0.4) is 0 Å². The molecule has 1 unspecified atom stereocenters. The molecular formula is C13H18N2O3. The first-order valence-electron chi connectivity index (χ1n) is 6.29. The van der Waals surface area contributed by atoms with E-state index < -0.39 is 5.97 Å². The van der Waals surface area contributed by atoms with Gasteiger partial charge in [0.05, 0.1) is 5.56 Å². The second-order valence-corrected chi connectivity index (χ2v) is 4.56. The highest BCUT2D eigenvalue weighted by atomic mass is 16.4. The zero-order valence-corrected chi connectivity index (χ0v) is 10.2. The molecule has 0 aromatic carbocycles. The van der Waals surface area contributed by atoms with Gasteiger partial charge in [-0.3, -0.25) is 0 Å². The minimum Gasteiger partial charge on any atom is -0.478 e. The predicted octanol–water partition coefficient (Wildman–Crippen LogP) is 1.52. The fourth-order valence-corrected chi connectivity index (χ4v) is 2.46. The monoisotopic (exact) mass is 250 g/mol. The molecule has 98 valence electrons. The molecule has 5 heteroatoms. The molecule has 0 spiro atoms. The van der Waals surface area contributed by atoms with Crippen molar-refractivity contribution >= 4 is 11.8 Å². The normalized spacial score (nSPS) is 19.8. The lowest BCUT2D eigenvalue weighted by atomic mass is 9.99. The quantitative estimate of drug-likeness (QED) is 0.847. The van der Waals surface area contributed by atoms with Gasteiger partial charge in [0.1, 0.15) is 5.82 Å². The molecule has 2 N–H and O–H groups in total. The van der Waals surface area contributed by atoms with Crippen LogP contribution in [0.2, 0.25) is 0 Å². The number of carbonyl (C=O) groups is 1. The molecule has 0 saturated carbocycles. The van der Waals surface area contributed by atoms with Gasteiger partial charge in [-0.05, 0) is 37.8 Å². The fraction of sp³-hybridized carbons (Fsp3) is 0.538. The van der Waals surface area contributed by atoms with Crippen molar-refractivity contribution in [3.05, 3.63) is 23.9 Å². The van der Waals surface area contributed by atoms with E-state index in [1.165, 1.54) is 12.3 Å². The highest BCUT2D eigenvalue weighted by molar-refractivity contribution is 5.88. The lowest BCUT2D eigenvalue weighted by Gasteiger charge is -2.36. The molecule has 5 nitrogen and oxygen atoms in total. The zero-order valence-electron chi connectivity index (χ0n) is 10.2. The number of rotatable bonds is 4. The van der Waals surface area contributed by atoms with Crippen LogP contribution in [0.25, 0.3) is 0 Å². The maximum absolute atomic E-state index is 11.0. The lowest BCUT2D eigenvalue weighted by molar-refractivity contribution is 0.0696. The number of aliphatic hydroxyl groups is 1. The zero-order chi connectivity index (χ0) is 13.0. The Hall–Kier alpha value is -1.62. The van der Waals surface area contributed by atoms with Crippen molar-refractivity contribution in [1.82, 2.24) is 4.98 Å². The Morgan fingerprint density at radius 1 is 1.50 bits per heavy atom. The van der Waals surface area contributed by atoms with Crippen molar-refractivity contribution in [2.24, 2.45) is 0 Å². The van der Waals surface area contributed by atoms with Crippen LogP contribution in [0.15, 0.2) is 18.3 Å². The van der Waals surface area contributed by atoms with Crippen molar-refractivity contribution in [2.75, 3.05) is 18.1 Å². The van der Waals surface area contributed by atoms with Gasteiger partial charge in [0.25, 0.3) is 0 Å². The number of pyridine rings is 1. The molecule has 1 aliphatic heterocycles. The minimum atomic E-state index is -0.936. The van der Waals surface area contributed by atoms with Crippen molar-refractivity contribution in [2.45, 2.75) is 31.7 Å². The second-order valence-electron chi connectivity index (χ2n) is 4.56. The number of piperidine rings is 1. The van der Waals surface area contributed by atoms with E-state index in [2.05, 4.69) is 9.88 Å². The van der Waals surface area contributed by atoms with E-state index in [1.807, 2.05) is 0 Å². The molecule has 0 bridgehead atoms. The molecular weight excluding hydrogens is 232 g/mol. The first-order valence-corrected chi connectivity index (χ1v) is 6.29. The summed E-state index contributed by atoms with van der Waals surface area (Å²) in [7, 11) is 0. The average molecular weight is 250 g/mol. The number of aromatic nitrogens is 1. The smallest absolute Gasteiger partial charge is 0.335 e. The van der Waals surface area contributed by atoms with Crippen LogP contribution in [0.1, 0.15) is 36.0 Å². The minimum absolute atomic E-state index is 0.153. The second kappa shape index (κ2) is 5.82. The molecule has 2 rings (SSSR count). The number of aromatic carboxylic acids is 1. The molecule has 1 fully saturated rings. The van der Waals surface area contributed by atoms with Gasteiger partial charge in [-0.15, -0.1) is 0 Å². The van der Waals surface area contributed by atoms with Gasteiger partial charge in [-0.1, -0.05) is 0 Å². The van der Waals surface area contributed by atoms with E-state index >= 15 is 0 Å². The fourth-order valence-electron chi connectivity index (χ4n) is 2.46. The van der Waals surface area contributed by atoms with Crippen LogP contribution in [-0.2, 0) is 0 Å². The van der Waals surface area contributed by atoms with Crippen molar-refractivity contribution in [3.8, 4) is 0 Å². The molecule has 0 aliphatic carbocycles. The van der Waals surface area contributed by atoms with Gasteiger partial charge < -0.3 is 15.1 Å². The third-order valence-corrected chi connectivity index (χ3v) is 3.38. The summed E-state index contributed by atoms with van der Waals surface area (Å²) in [6.45, 7) is 1.03. The van der Waals surface area contributed by atoms with E-state index in [9.17, 15) is 4.79 Å². The topological polar surface area (TPSA) is 73.7 Å². The SMILES string of the molecule is O=C(O)c1ccnc(N2CCCCC2CCO)c1. The van der Waals surface area contributed by atoms with E-state index in [1.54, 1.807) is 6.07 Å². The standard InChI is InChI=1S/C13H18N2O3/c16-8-5-11-3-1-2-7-15(11)12-9-10(13(17)18)4-6-14-12/h4,6,9,11,16H,1-3,5,7-8H2,(H,17,18). The predicted molar refractivity (Wildman–Crippen MR) is 67.9 cm³/mol. The lowest BCUT2D eigenvalue weighted by Crippen LogP contribution is -2.40. The Morgan fingerprint density at radius 3 is 3.06 bits per heavy atom. The molecule has 2 heterocycles. The molecule has 1 atom stereocenters. The first-order chi connectivity index (χ1) is 8.72. The molecule has 1 aromatic heterocycles. The van der Waals surface area contributed by atoms with Crippen molar-refractivity contribution in [3.63, 3.8) is 0 Å². The van der Waals surface area contributed by atoms with Crippen molar-refractivity contribution < 1.29 is 15.0 Å². The Bertz CT molecular complexity index is 420. The summed E-state index contributed by atoms with van der Waals surface area (Å²) in [5.74, 6) is -0.234. The largest absolute Gasteiger partial charge is 0.478 e. The van der Waals surface area contributed by atoms with Crippen LogP contribution in [0.4, 0.5) is 5.82 Å². The average Bonchev–Trinajstić information content (AvgIpc) is 2.40. The van der Waals surface area contributed by atoms with E-state index in [-0.39, 0.29) is 18.2 Å². The molecule has 1 saturated heterocycles. The van der Waals surface area contributed by atoms with Gasteiger partial charge in [0.2, 0.25) is 0 Å². The van der Waals surface area contributed by atoms with Crippen LogP contribution in [-0.4, -0.2) is 40.4 Å². The van der Waals surface area contributed by atoms with Gasteiger partial charge in [-0.2, -0.15) is 0 Å². The summed E-state index contributed by atoms with van der Waals surface area (Å²) in [5.41, 5.74) is 0.258. The molecule has 1 aliphatic rings. The Labute approximate surface area is 106 Å². The third-order valence-electron chi connectivity index (χ3n) is 3.38. The number of aliphatic hydroxyl groups excluding tert-OH is 1. The van der Waals surface area contributed by atoms with Gasteiger partial charge in [0.15, 0.2) is 0 Å². The van der Waals surface area contributed by atoms with Gasteiger partial charge in [0, 0.05) is 25.4 Å². The van der Waals surface area contributed by atoms with Crippen molar-refractivity contribution in [1.29, 1.82) is 0 Å². The highest BCUT2D eigenvalue weighted by Crippen LogP contribution is 2.25. The molecule has 1 aromatic rings. The van der Waals surface area contributed by atoms with Gasteiger partial charge in [-0.25, -0.2) is 9.78 Å². The number of nitrogens with zero attached hydrogens (tertiary/aromatic N) is 2.